The van der Waals surface area contributed by atoms with Crippen LogP contribution >= 0.6 is 23.2 Å². The topological polar surface area (TPSA) is 54.2 Å². The maximum Gasteiger partial charge on any atom is 0.240 e. The summed E-state index contributed by atoms with van der Waals surface area (Å²) in [6.45, 7) is 4.70. The van der Waals surface area contributed by atoms with Gasteiger partial charge in [0, 0.05) is 42.6 Å². The van der Waals surface area contributed by atoms with Gasteiger partial charge >= 0.3 is 0 Å². The average molecular weight is 327 g/mol. The van der Waals surface area contributed by atoms with Crippen LogP contribution in [0.25, 0.3) is 0 Å². The van der Waals surface area contributed by atoms with Crippen molar-refractivity contribution in [2.45, 2.75) is 13.0 Å². The summed E-state index contributed by atoms with van der Waals surface area (Å²) in [5.74, 6) is 1.29. The molecule has 112 valence electrons. The minimum atomic E-state index is 0.543. The third-order valence-electron chi connectivity index (χ3n) is 3.44. The Hall–Kier alpha value is -1.14. The highest BCUT2D eigenvalue weighted by Gasteiger charge is 2.15. The molecule has 1 fully saturated rings. The highest BCUT2D eigenvalue weighted by atomic mass is 35.5. The van der Waals surface area contributed by atoms with Crippen molar-refractivity contribution in [1.82, 2.24) is 20.4 Å². The molecule has 1 aromatic carbocycles. The number of nitrogens with zero attached hydrogens (tertiary/aromatic N) is 3. The molecule has 0 atom stereocenters. The van der Waals surface area contributed by atoms with E-state index in [1.165, 1.54) is 0 Å². The quantitative estimate of drug-likeness (QED) is 0.934. The minimum Gasteiger partial charge on any atom is -0.338 e. The van der Waals surface area contributed by atoms with E-state index in [1.807, 2.05) is 12.1 Å². The monoisotopic (exact) mass is 326 g/mol. The molecule has 5 nitrogen and oxygen atoms in total. The van der Waals surface area contributed by atoms with Gasteiger partial charge in [0.2, 0.25) is 5.89 Å². The van der Waals surface area contributed by atoms with Gasteiger partial charge in [0.05, 0.1) is 6.54 Å². The van der Waals surface area contributed by atoms with Crippen molar-refractivity contribution in [1.29, 1.82) is 0 Å². The van der Waals surface area contributed by atoms with Gasteiger partial charge in [-0.25, -0.2) is 0 Å². The summed E-state index contributed by atoms with van der Waals surface area (Å²) in [5, 5.41) is 8.58. The lowest BCUT2D eigenvalue weighted by Crippen LogP contribution is -2.42. The molecular weight excluding hydrogens is 311 g/mol. The molecule has 1 saturated heterocycles. The van der Waals surface area contributed by atoms with Gasteiger partial charge in [-0.1, -0.05) is 34.4 Å². The van der Waals surface area contributed by atoms with E-state index < -0.39 is 0 Å². The molecule has 1 aliphatic rings. The zero-order valence-corrected chi connectivity index (χ0v) is 13.0. The number of hydrogen-bond acceptors (Lipinski definition) is 5. The molecule has 0 aliphatic carbocycles. The van der Waals surface area contributed by atoms with E-state index in [4.69, 9.17) is 27.7 Å². The highest BCUT2D eigenvalue weighted by molar-refractivity contribution is 6.35. The molecule has 1 aliphatic heterocycles. The Balaban J connectivity index is 1.64. The molecule has 1 aromatic heterocycles. The van der Waals surface area contributed by atoms with E-state index >= 15 is 0 Å². The Kier molecular flexibility index (Phi) is 4.75. The van der Waals surface area contributed by atoms with Crippen LogP contribution in [0.3, 0.4) is 0 Å². The van der Waals surface area contributed by atoms with Gasteiger partial charge in [0.1, 0.15) is 0 Å². The first kappa shape index (κ1) is 14.8. The third-order valence-corrected chi connectivity index (χ3v) is 4.03. The molecule has 0 spiro atoms. The average Bonchev–Trinajstić information content (AvgIpc) is 2.90. The van der Waals surface area contributed by atoms with Crippen molar-refractivity contribution in [2.24, 2.45) is 0 Å². The molecule has 0 saturated carbocycles. The van der Waals surface area contributed by atoms with Gasteiger partial charge in [0.15, 0.2) is 5.82 Å². The highest BCUT2D eigenvalue weighted by Crippen LogP contribution is 2.22. The number of rotatable bonds is 4. The smallest absolute Gasteiger partial charge is 0.240 e. The maximum absolute atomic E-state index is 6.16. The van der Waals surface area contributed by atoms with E-state index in [9.17, 15) is 0 Å². The molecule has 2 heterocycles. The summed E-state index contributed by atoms with van der Waals surface area (Å²) in [4.78, 5) is 6.73. The van der Waals surface area contributed by atoms with E-state index in [2.05, 4.69) is 20.4 Å². The van der Waals surface area contributed by atoms with Crippen molar-refractivity contribution in [3.8, 4) is 0 Å². The maximum atomic E-state index is 6.16. The van der Waals surface area contributed by atoms with Crippen molar-refractivity contribution < 1.29 is 4.52 Å². The number of piperazine rings is 1. The summed E-state index contributed by atoms with van der Waals surface area (Å²) in [6.07, 6.45) is 0.543. The van der Waals surface area contributed by atoms with E-state index in [0.29, 0.717) is 34.7 Å². The van der Waals surface area contributed by atoms with Crippen LogP contribution in [0.4, 0.5) is 0 Å². The van der Waals surface area contributed by atoms with Gasteiger partial charge in [-0.3, -0.25) is 4.90 Å². The number of halogens is 2. The Morgan fingerprint density at radius 3 is 2.81 bits per heavy atom. The molecule has 3 rings (SSSR count). The Bertz CT molecular complexity index is 611. The van der Waals surface area contributed by atoms with Gasteiger partial charge in [-0.2, -0.15) is 4.98 Å². The van der Waals surface area contributed by atoms with E-state index in [-0.39, 0.29) is 0 Å². The van der Waals surface area contributed by atoms with E-state index in [0.717, 1.165) is 31.7 Å². The second-order valence-electron chi connectivity index (χ2n) is 5.04. The number of nitrogens with one attached hydrogen (secondary N) is 1. The summed E-state index contributed by atoms with van der Waals surface area (Å²) in [5.41, 5.74) is 0.940. The Morgan fingerprint density at radius 2 is 2.05 bits per heavy atom. The van der Waals surface area contributed by atoms with Crippen molar-refractivity contribution >= 4 is 23.2 Å². The molecule has 7 heteroatoms. The lowest BCUT2D eigenvalue weighted by atomic mass is 10.1. The van der Waals surface area contributed by atoms with Crippen LogP contribution < -0.4 is 5.32 Å². The molecule has 0 unspecified atom stereocenters. The molecule has 0 amide bonds. The van der Waals surface area contributed by atoms with E-state index in [1.54, 1.807) is 6.07 Å². The van der Waals surface area contributed by atoms with Gasteiger partial charge in [0.25, 0.3) is 0 Å². The molecule has 1 N–H and O–H groups in total. The molecule has 21 heavy (non-hydrogen) atoms. The molecule has 0 radical (unpaired) electrons. The summed E-state index contributed by atoms with van der Waals surface area (Å²) >= 11 is 12.0. The fraction of sp³-hybridized carbons (Fsp3) is 0.429. The normalized spacial score (nSPS) is 16.3. The zero-order chi connectivity index (χ0) is 14.7. The predicted octanol–water partition coefficient (Wildman–Crippen LogP) is 2.37. The minimum absolute atomic E-state index is 0.543. The van der Waals surface area contributed by atoms with Crippen LogP contribution in [0.2, 0.25) is 10.0 Å². The fourth-order valence-corrected chi connectivity index (χ4v) is 2.80. The lowest BCUT2D eigenvalue weighted by Gasteiger charge is -2.25. The Morgan fingerprint density at radius 1 is 1.24 bits per heavy atom. The lowest BCUT2D eigenvalue weighted by molar-refractivity contribution is 0.203. The first-order valence-electron chi connectivity index (χ1n) is 6.89. The fourth-order valence-electron chi connectivity index (χ4n) is 2.32. The third kappa shape index (κ3) is 3.95. The summed E-state index contributed by atoms with van der Waals surface area (Å²) in [6, 6.07) is 5.42. The zero-order valence-electron chi connectivity index (χ0n) is 11.5. The molecular formula is C14H16Cl2N4O. The van der Waals surface area contributed by atoms with Crippen LogP contribution in [0.5, 0.6) is 0 Å². The van der Waals surface area contributed by atoms with Crippen LogP contribution in [0, 0.1) is 0 Å². The first-order chi connectivity index (χ1) is 10.2. The second-order valence-corrected chi connectivity index (χ2v) is 5.89. The van der Waals surface area contributed by atoms with Crippen LogP contribution in [0.15, 0.2) is 22.7 Å². The first-order valence-corrected chi connectivity index (χ1v) is 7.65. The standard InChI is InChI=1S/C14H16Cl2N4O/c15-11-2-1-10(12(16)8-11)7-13-18-14(21-19-13)9-20-5-3-17-4-6-20/h1-2,8,17H,3-7,9H2. The summed E-state index contributed by atoms with van der Waals surface area (Å²) < 4.78 is 5.31. The van der Waals surface area contributed by atoms with Crippen molar-refractivity contribution in [3.05, 3.63) is 45.5 Å². The summed E-state index contributed by atoms with van der Waals surface area (Å²) in [7, 11) is 0. The molecule has 0 bridgehead atoms. The van der Waals surface area contributed by atoms with Crippen LogP contribution in [0.1, 0.15) is 17.3 Å². The van der Waals surface area contributed by atoms with Crippen LogP contribution in [-0.4, -0.2) is 41.2 Å². The van der Waals surface area contributed by atoms with Gasteiger partial charge in [-0.15, -0.1) is 0 Å². The van der Waals surface area contributed by atoms with Crippen molar-refractivity contribution in [2.75, 3.05) is 26.2 Å². The largest absolute Gasteiger partial charge is 0.338 e. The van der Waals surface area contributed by atoms with Gasteiger partial charge < -0.3 is 9.84 Å². The Labute approximate surface area is 133 Å². The SMILES string of the molecule is Clc1ccc(Cc2noc(CN3CCNCC3)n2)c(Cl)c1. The number of aromatic nitrogens is 2. The number of hydrogen-bond donors (Lipinski definition) is 1. The van der Waals surface area contributed by atoms with Crippen molar-refractivity contribution in [3.63, 3.8) is 0 Å². The molecule has 2 aromatic rings. The predicted molar refractivity (Wildman–Crippen MR) is 81.7 cm³/mol. The second kappa shape index (κ2) is 6.75. The van der Waals surface area contributed by atoms with Crippen LogP contribution in [-0.2, 0) is 13.0 Å². The number of benzene rings is 1. The van der Waals surface area contributed by atoms with Gasteiger partial charge in [-0.05, 0) is 17.7 Å².